The number of para-hydroxylation sites is 1. The maximum atomic E-state index is 5.13. The predicted molar refractivity (Wildman–Crippen MR) is 64.4 cm³/mol. The van der Waals surface area contributed by atoms with E-state index in [1.165, 1.54) is 10.9 Å². The van der Waals surface area contributed by atoms with E-state index in [2.05, 4.69) is 22.9 Å². The third-order valence-electron chi connectivity index (χ3n) is 2.36. The molecule has 14 heavy (non-hydrogen) atoms. The minimum Gasteiger partial charge on any atom is -0.278 e. The molecule has 0 amide bonds. The normalized spacial score (nSPS) is 10.4. The average molecular weight is 204 g/mol. The summed E-state index contributed by atoms with van der Waals surface area (Å²) in [5.41, 5.74) is 1.18. The van der Waals surface area contributed by atoms with Gasteiger partial charge in [0.25, 0.3) is 0 Å². The van der Waals surface area contributed by atoms with Crippen molar-refractivity contribution in [3.63, 3.8) is 0 Å². The van der Waals surface area contributed by atoms with Crippen LogP contribution < -0.4 is 5.01 Å². The van der Waals surface area contributed by atoms with Gasteiger partial charge >= 0.3 is 0 Å². The molecule has 2 aromatic rings. The van der Waals surface area contributed by atoms with Gasteiger partial charge in [-0.25, -0.2) is 0 Å². The number of nitrogens with zero attached hydrogens (tertiary/aromatic N) is 2. The van der Waals surface area contributed by atoms with E-state index in [4.69, 9.17) is 12.2 Å². The minimum atomic E-state index is 0.853. The third kappa shape index (κ3) is 1.40. The Morgan fingerprint density at radius 2 is 2.00 bits per heavy atom. The van der Waals surface area contributed by atoms with Crippen LogP contribution in [-0.2, 0) is 0 Å². The molecule has 0 bridgehead atoms. The van der Waals surface area contributed by atoms with Gasteiger partial charge in [-0.15, -0.1) is 0 Å². The molecule has 72 valence electrons. The van der Waals surface area contributed by atoms with Crippen molar-refractivity contribution in [1.29, 1.82) is 0 Å². The molecule has 1 heterocycles. The zero-order chi connectivity index (χ0) is 10.1. The molecule has 0 N–H and O–H groups in total. The number of hydrogen-bond donors (Lipinski definition) is 0. The van der Waals surface area contributed by atoms with Gasteiger partial charge in [0.05, 0.1) is 10.5 Å². The van der Waals surface area contributed by atoms with Gasteiger partial charge in [0, 0.05) is 18.6 Å². The molecule has 0 unspecified atom stereocenters. The van der Waals surface area contributed by atoms with Gasteiger partial charge in [0.1, 0.15) is 0 Å². The number of aromatic nitrogens is 1. The fourth-order valence-electron chi connectivity index (χ4n) is 1.48. The highest BCUT2D eigenvalue weighted by atomic mass is 32.1. The Morgan fingerprint density at radius 1 is 1.29 bits per heavy atom. The van der Waals surface area contributed by atoms with Crippen molar-refractivity contribution in [2.75, 3.05) is 12.1 Å². The van der Waals surface area contributed by atoms with Crippen molar-refractivity contribution in [3.8, 4) is 0 Å². The fourth-order valence-corrected chi connectivity index (χ4v) is 1.57. The Balaban J connectivity index is 2.58. The maximum absolute atomic E-state index is 5.13. The van der Waals surface area contributed by atoms with Crippen LogP contribution in [0.4, 0.5) is 0 Å². The van der Waals surface area contributed by atoms with Gasteiger partial charge in [-0.1, -0.05) is 30.4 Å². The summed E-state index contributed by atoms with van der Waals surface area (Å²) in [6.07, 6.45) is 2.03. The molecule has 0 aliphatic rings. The average Bonchev–Trinajstić information content (AvgIpc) is 2.60. The number of thiocarbonyl (C=S) groups is 1. The number of hydrogen-bond acceptors (Lipinski definition) is 1. The van der Waals surface area contributed by atoms with Crippen LogP contribution in [0.1, 0.15) is 6.92 Å². The van der Waals surface area contributed by atoms with E-state index in [1.54, 1.807) is 0 Å². The van der Waals surface area contributed by atoms with E-state index in [-0.39, 0.29) is 0 Å². The Labute approximate surface area is 88.7 Å². The van der Waals surface area contributed by atoms with Crippen LogP contribution in [0.15, 0.2) is 36.5 Å². The summed E-state index contributed by atoms with van der Waals surface area (Å²) in [7, 11) is 1.97. The zero-order valence-electron chi connectivity index (χ0n) is 8.27. The quantitative estimate of drug-likeness (QED) is 0.660. The van der Waals surface area contributed by atoms with Gasteiger partial charge in [0.15, 0.2) is 0 Å². The topological polar surface area (TPSA) is 8.17 Å². The molecule has 2 nitrogen and oxygen atoms in total. The lowest BCUT2D eigenvalue weighted by Gasteiger charge is -2.20. The molecule has 0 atom stereocenters. The van der Waals surface area contributed by atoms with E-state index >= 15 is 0 Å². The molecular formula is C11H12N2S. The second kappa shape index (κ2) is 3.42. The molecule has 0 saturated heterocycles. The van der Waals surface area contributed by atoms with Crippen LogP contribution in [0.2, 0.25) is 0 Å². The van der Waals surface area contributed by atoms with Crippen LogP contribution >= 0.6 is 12.2 Å². The molecule has 0 fully saturated rings. The lowest BCUT2D eigenvalue weighted by atomic mass is 10.3. The first-order valence-corrected chi connectivity index (χ1v) is 4.91. The van der Waals surface area contributed by atoms with E-state index in [0.29, 0.717) is 0 Å². The Kier molecular flexibility index (Phi) is 2.25. The highest BCUT2D eigenvalue weighted by Gasteiger charge is 2.04. The van der Waals surface area contributed by atoms with Crippen LogP contribution in [0, 0.1) is 0 Å². The van der Waals surface area contributed by atoms with Crippen molar-refractivity contribution < 1.29 is 0 Å². The molecule has 0 aliphatic carbocycles. The molecule has 0 saturated carbocycles. The van der Waals surface area contributed by atoms with Gasteiger partial charge in [-0.2, -0.15) is 0 Å². The monoisotopic (exact) mass is 204 g/mol. The van der Waals surface area contributed by atoms with E-state index < -0.39 is 0 Å². The standard InChI is InChI=1S/C11H12N2S/c1-9(14)12(2)13-8-7-10-5-3-4-6-11(10)13/h3-8H,1-2H3. The summed E-state index contributed by atoms with van der Waals surface area (Å²) < 4.78 is 2.05. The van der Waals surface area contributed by atoms with Crippen molar-refractivity contribution in [2.45, 2.75) is 6.92 Å². The molecule has 1 aromatic heterocycles. The summed E-state index contributed by atoms with van der Waals surface area (Å²) in [5, 5.41) is 3.19. The molecular weight excluding hydrogens is 192 g/mol. The molecule has 1 aromatic carbocycles. The molecule has 0 radical (unpaired) electrons. The Hall–Kier alpha value is -1.35. The molecule has 3 heteroatoms. The SMILES string of the molecule is CC(=S)N(C)n1ccc2ccccc21. The first-order valence-electron chi connectivity index (χ1n) is 4.51. The first kappa shape index (κ1) is 9.21. The molecule has 0 aliphatic heterocycles. The lowest BCUT2D eigenvalue weighted by Crippen LogP contribution is -2.32. The molecule has 0 spiro atoms. The van der Waals surface area contributed by atoms with Crippen molar-refractivity contribution >= 4 is 28.1 Å². The lowest BCUT2D eigenvalue weighted by molar-refractivity contribution is 0.840. The summed E-state index contributed by atoms with van der Waals surface area (Å²) >= 11 is 5.13. The second-order valence-corrected chi connectivity index (χ2v) is 3.85. The number of benzene rings is 1. The largest absolute Gasteiger partial charge is 0.278 e. The summed E-state index contributed by atoms with van der Waals surface area (Å²) in [6, 6.07) is 10.3. The molecule has 2 rings (SSSR count). The van der Waals surface area contributed by atoms with Gasteiger partial charge in [0.2, 0.25) is 0 Å². The highest BCUT2D eigenvalue weighted by Crippen LogP contribution is 2.14. The van der Waals surface area contributed by atoms with Crippen LogP contribution in [0.3, 0.4) is 0 Å². The predicted octanol–water partition coefficient (Wildman–Crippen LogP) is 2.56. The van der Waals surface area contributed by atoms with Crippen LogP contribution in [0.25, 0.3) is 10.9 Å². The van der Waals surface area contributed by atoms with E-state index in [9.17, 15) is 0 Å². The van der Waals surface area contributed by atoms with Gasteiger partial charge < -0.3 is 0 Å². The van der Waals surface area contributed by atoms with Crippen LogP contribution in [-0.4, -0.2) is 16.7 Å². The van der Waals surface area contributed by atoms with Gasteiger partial charge in [-0.3, -0.25) is 9.69 Å². The summed E-state index contributed by atoms with van der Waals surface area (Å²) in [6.45, 7) is 1.92. The summed E-state index contributed by atoms with van der Waals surface area (Å²) in [5.74, 6) is 0. The van der Waals surface area contributed by atoms with Crippen LogP contribution in [0.5, 0.6) is 0 Å². The van der Waals surface area contributed by atoms with Crippen molar-refractivity contribution in [1.82, 2.24) is 4.68 Å². The zero-order valence-corrected chi connectivity index (χ0v) is 9.08. The first-order chi connectivity index (χ1) is 6.70. The van der Waals surface area contributed by atoms with E-state index in [0.717, 1.165) is 4.99 Å². The second-order valence-electron chi connectivity index (χ2n) is 3.26. The maximum Gasteiger partial charge on any atom is 0.0943 e. The number of rotatable bonds is 1. The van der Waals surface area contributed by atoms with Crippen molar-refractivity contribution in [3.05, 3.63) is 36.5 Å². The highest BCUT2D eigenvalue weighted by molar-refractivity contribution is 7.80. The third-order valence-corrected chi connectivity index (χ3v) is 2.62. The number of fused-ring (bicyclic) bond motifs is 1. The van der Waals surface area contributed by atoms with Crippen molar-refractivity contribution in [2.24, 2.45) is 0 Å². The Bertz CT molecular complexity index is 473. The fraction of sp³-hybridized carbons (Fsp3) is 0.182. The van der Waals surface area contributed by atoms with E-state index in [1.807, 2.05) is 37.3 Å². The minimum absolute atomic E-state index is 0.853. The smallest absolute Gasteiger partial charge is 0.0943 e. The van der Waals surface area contributed by atoms with Gasteiger partial charge in [-0.05, 0) is 19.1 Å². The Morgan fingerprint density at radius 3 is 2.71 bits per heavy atom. The summed E-state index contributed by atoms with van der Waals surface area (Å²) in [4.78, 5) is 0.853.